The minimum atomic E-state index is -4.79. The van der Waals surface area contributed by atoms with Gasteiger partial charge in [-0.2, -0.15) is 0 Å². The number of hydrogen-bond acceptors (Lipinski definition) is 8. The number of hydrogen-bond donors (Lipinski definition) is 3. The third kappa shape index (κ3) is 23.8. The first-order valence-electron chi connectivity index (χ1n) is 17.7. The lowest BCUT2D eigenvalue weighted by molar-refractivity contribution is -0.161. The molecule has 0 unspecified atom stereocenters. The smallest absolute Gasteiger partial charge is 0.462 e. The van der Waals surface area contributed by atoms with Crippen molar-refractivity contribution < 1.29 is 47.8 Å². The van der Waals surface area contributed by atoms with E-state index in [-0.39, 0.29) is 37.1 Å². The Hall–Kier alpha value is -2.10. The van der Waals surface area contributed by atoms with Crippen LogP contribution in [0.2, 0.25) is 0 Å². The van der Waals surface area contributed by atoms with Crippen molar-refractivity contribution in [1.29, 1.82) is 0 Å². The van der Waals surface area contributed by atoms with Crippen molar-refractivity contribution in [3.8, 4) is 0 Å². The lowest BCUT2D eigenvalue weighted by atomic mass is 9.90. The quantitative estimate of drug-likeness (QED) is 0.0323. The number of carbonyl (C=O) groups is 3. The molecule has 0 aromatic carbocycles. The SMILES string of the molecule is CCCCC[C@H](O)/C=C/[C@H]1C(=O)C=C[C@@H]1C/C=C\CCCC(=O)OC[C@H](COP(=O)(O)O)OC(=O)CCCCCCCCCC(C)C. The number of unbranched alkanes of at least 4 members (excludes halogenated alkanes) is 9. The lowest BCUT2D eigenvalue weighted by Crippen LogP contribution is -2.29. The van der Waals surface area contributed by atoms with Crippen molar-refractivity contribution >= 4 is 25.5 Å². The highest BCUT2D eigenvalue weighted by atomic mass is 31.2. The van der Waals surface area contributed by atoms with Gasteiger partial charge in [-0.1, -0.05) is 115 Å². The Morgan fingerprint density at radius 3 is 2.23 bits per heavy atom. The van der Waals surface area contributed by atoms with Crippen molar-refractivity contribution in [3.63, 3.8) is 0 Å². The van der Waals surface area contributed by atoms with Gasteiger partial charge in [0.25, 0.3) is 0 Å². The van der Waals surface area contributed by atoms with Crippen LogP contribution in [0.1, 0.15) is 130 Å². The van der Waals surface area contributed by atoms with Crippen LogP contribution in [0.3, 0.4) is 0 Å². The Kier molecular flexibility index (Phi) is 23.6. The van der Waals surface area contributed by atoms with Gasteiger partial charge in [0.1, 0.15) is 6.61 Å². The molecule has 0 aromatic rings. The molecule has 1 rings (SSSR count). The molecule has 4 atom stereocenters. The summed E-state index contributed by atoms with van der Waals surface area (Å²) in [5.41, 5.74) is 0. The van der Waals surface area contributed by atoms with Gasteiger partial charge in [-0.3, -0.25) is 18.9 Å². The second-order valence-corrected chi connectivity index (χ2v) is 14.2. The fourth-order valence-electron chi connectivity index (χ4n) is 5.31. The number of aliphatic hydroxyl groups is 1. The molecule has 0 saturated carbocycles. The van der Waals surface area contributed by atoms with Gasteiger partial charge in [0.05, 0.1) is 12.7 Å². The van der Waals surface area contributed by atoms with Crippen molar-refractivity contribution in [1.82, 2.24) is 0 Å². The number of ketones is 1. The van der Waals surface area contributed by atoms with Crippen LogP contribution < -0.4 is 0 Å². The standard InChI is InChI=1S/C36H61O10P/c1-4-5-13-20-31(37)24-25-33-30(23-26-34(33)38)19-15-11-12-16-21-35(39)44-27-32(28-45-47(41,42)43)46-36(40)22-17-10-8-6-7-9-14-18-29(2)3/h11,15,23-26,29-33,37H,4-10,12-14,16-22,27-28H2,1-3H3,(H2,41,42,43)/b15-11-,25-24+/t30-,31-,32+,33+/m0/s1. The largest absolute Gasteiger partial charge is 0.469 e. The second kappa shape index (κ2) is 25.9. The number of aliphatic hydroxyl groups excluding tert-OH is 1. The lowest BCUT2D eigenvalue weighted by Gasteiger charge is -2.18. The third-order valence-electron chi connectivity index (χ3n) is 8.09. The monoisotopic (exact) mass is 684 g/mol. The summed E-state index contributed by atoms with van der Waals surface area (Å²) in [6, 6.07) is 0. The van der Waals surface area contributed by atoms with E-state index in [0.717, 1.165) is 44.4 Å². The Labute approximate surface area is 282 Å². The molecule has 270 valence electrons. The van der Waals surface area contributed by atoms with Gasteiger partial charge in [0.2, 0.25) is 0 Å². The van der Waals surface area contributed by atoms with E-state index >= 15 is 0 Å². The van der Waals surface area contributed by atoms with Crippen LogP contribution in [0, 0.1) is 17.8 Å². The average Bonchev–Trinajstić information content (AvgIpc) is 3.36. The van der Waals surface area contributed by atoms with Gasteiger partial charge >= 0.3 is 19.8 Å². The molecule has 0 amide bonds. The normalized spacial score (nSPS) is 18.1. The van der Waals surface area contributed by atoms with E-state index in [1.807, 2.05) is 24.3 Å². The molecule has 0 spiro atoms. The van der Waals surface area contributed by atoms with Gasteiger partial charge in [0, 0.05) is 18.8 Å². The number of carbonyl (C=O) groups excluding carboxylic acids is 3. The maximum Gasteiger partial charge on any atom is 0.469 e. The molecule has 0 fully saturated rings. The summed E-state index contributed by atoms with van der Waals surface area (Å²) in [6.07, 6.45) is 23.8. The molecule has 1 aliphatic carbocycles. The topological polar surface area (TPSA) is 157 Å². The molecule has 11 heteroatoms. The Balaban J connectivity index is 2.34. The number of esters is 2. The Morgan fingerprint density at radius 2 is 1.55 bits per heavy atom. The molecule has 10 nitrogen and oxygen atoms in total. The Bertz CT molecular complexity index is 1020. The minimum Gasteiger partial charge on any atom is -0.462 e. The first-order valence-corrected chi connectivity index (χ1v) is 19.2. The van der Waals surface area contributed by atoms with E-state index in [9.17, 15) is 24.1 Å². The van der Waals surface area contributed by atoms with Gasteiger partial charge < -0.3 is 24.4 Å². The van der Waals surface area contributed by atoms with E-state index in [1.54, 1.807) is 12.2 Å². The number of phosphoric ester groups is 1. The predicted molar refractivity (Wildman–Crippen MR) is 183 cm³/mol. The molecule has 0 radical (unpaired) electrons. The number of rotatable bonds is 28. The summed E-state index contributed by atoms with van der Waals surface area (Å²) < 4.78 is 26.2. The van der Waals surface area contributed by atoms with E-state index in [1.165, 1.54) is 25.7 Å². The highest BCUT2D eigenvalue weighted by molar-refractivity contribution is 7.46. The summed E-state index contributed by atoms with van der Waals surface area (Å²) >= 11 is 0. The summed E-state index contributed by atoms with van der Waals surface area (Å²) in [6.45, 7) is 5.62. The van der Waals surface area contributed by atoms with Crippen LogP contribution in [-0.4, -0.2) is 58.0 Å². The molecule has 0 bridgehead atoms. The van der Waals surface area contributed by atoms with Gasteiger partial charge in [-0.05, 0) is 50.0 Å². The van der Waals surface area contributed by atoms with Crippen LogP contribution in [-0.2, 0) is 32.9 Å². The van der Waals surface area contributed by atoms with Crippen LogP contribution in [0.15, 0.2) is 36.5 Å². The highest BCUT2D eigenvalue weighted by Gasteiger charge is 2.27. The Morgan fingerprint density at radius 1 is 0.894 bits per heavy atom. The molecular weight excluding hydrogens is 623 g/mol. The van der Waals surface area contributed by atoms with Gasteiger partial charge in [-0.25, -0.2) is 4.57 Å². The minimum absolute atomic E-state index is 0.0298. The zero-order valence-electron chi connectivity index (χ0n) is 28.9. The summed E-state index contributed by atoms with van der Waals surface area (Å²) in [4.78, 5) is 55.0. The number of phosphoric acid groups is 1. The zero-order chi connectivity index (χ0) is 34.9. The van der Waals surface area contributed by atoms with E-state index < -0.39 is 38.6 Å². The molecular formula is C36H61O10P. The number of ether oxygens (including phenoxy) is 2. The van der Waals surface area contributed by atoms with E-state index in [2.05, 4.69) is 25.3 Å². The molecule has 0 aromatic heterocycles. The maximum atomic E-state index is 12.3. The van der Waals surface area contributed by atoms with Gasteiger partial charge in [-0.15, -0.1) is 0 Å². The molecule has 47 heavy (non-hydrogen) atoms. The number of allylic oxidation sites excluding steroid dienone is 5. The molecule has 3 N–H and O–H groups in total. The molecule has 0 heterocycles. The van der Waals surface area contributed by atoms with Crippen LogP contribution >= 0.6 is 7.82 Å². The molecule has 0 saturated heterocycles. The fourth-order valence-corrected chi connectivity index (χ4v) is 5.67. The van der Waals surface area contributed by atoms with Crippen molar-refractivity contribution in [2.24, 2.45) is 17.8 Å². The fraction of sp³-hybridized carbons (Fsp3) is 0.750. The van der Waals surface area contributed by atoms with Crippen LogP contribution in [0.25, 0.3) is 0 Å². The zero-order valence-corrected chi connectivity index (χ0v) is 29.8. The summed E-state index contributed by atoms with van der Waals surface area (Å²) in [7, 11) is -4.79. The summed E-state index contributed by atoms with van der Waals surface area (Å²) in [5, 5.41) is 10.1. The first kappa shape index (κ1) is 42.9. The predicted octanol–water partition coefficient (Wildman–Crippen LogP) is 7.70. The van der Waals surface area contributed by atoms with Crippen LogP contribution in [0.5, 0.6) is 0 Å². The third-order valence-corrected chi connectivity index (χ3v) is 8.57. The molecule has 1 aliphatic rings. The van der Waals surface area contributed by atoms with Crippen molar-refractivity contribution in [2.45, 2.75) is 142 Å². The summed E-state index contributed by atoms with van der Waals surface area (Å²) in [5.74, 6) is -0.518. The van der Waals surface area contributed by atoms with E-state index in [4.69, 9.17) is 19.3 Å². The average molecular weight is 685 g/mol. The highest BCUT2D eigenvalue weighted by Crippen LogP contribution is 2.36. The maximum absolute atomic E-state index is 12.3. The van der Waals surface area contributed by atoms with E-state index in [0.29, 0.717) is 32.1 Å². The van der Waals surface area contributed by atoms with Crippen molar-refractivity contribution in [2.75, 3.05) is 13.2 Å². The molecule has 0 aliphatic heterocycles. The second-order valence-electron chi connectivity index (χ2n) is 13.0. The first-order chi connectivity index (χ1) is 22.4. The van der Waals surface area contributed by atoms with Crippen LogP contribution in [0.4, 0.5) is 0 Å². The van der Waals surface area contributed by atoms with Crippen molar-refractivity contribution in [3.05, 3.63) is 36.5 Å². The van der Waals surface area contributed by atoms with Gasteiger partial charge in [0.15, 0.2) is 11.9 Å².